The van der Waals surface area contributed by atoms with Gasteiger partial charge in [-0.15, -0.1) is 0 Å². The van der Waals surface area contributed by atoms with Crippen molar-refractivity contribution in [3.8, 4) is 0 Å². The van der Waals surface area contributed by atoms with Crippen LogP contribution in [0.1, 0.15) is 89.2 Å². The maximum Gasteiger partial charge on any atom is 0.406 e. The number of halogens is 1. The lowest BCUT2D eigenvalue weighted by Gasteiger charge is -2.38. The number of rotatable bonds is 15. The number of nitrogens with zero attached hydrogens (tertiary/aromatic N) is 1. The van der Waals surface area contributed by atoms with Gasteiger partial charge in [0.2, 0.25) is 5.91 Å². The number of benzene rings is 1. The van der Waals surface area contributed by atoms with E-state index < -0.39 is 18.2 Å². The van der Waals surface area contributed by atoms with Gasteiger partial charge in [0.25, 0.3) is 0 Å². The predicted octanol–water partition coefficient (Wildman–Crippen LogP) is 5.18. The van der Waals surface area contributed by atoms with Gasteiger partial charge in [0.05, 0.1) is 38.4 Å². The number of hydrogen-bond donors (Lipinski definition) is 4. The van der Waals surface area contributed by atoms with E-state index in [1.807, 2.05) is 24.3 Å². The number of aliphatic hydroxyl groups excluding tert-OH is 1. The van der Waals surface area contributed by atoms with Gasteiger partial charge in [-0.3, -0.25) is 4.79 Å². The number of unbranched alkanes of at least 4 members (excludes halogenated alkanes) is 1. The molecule has 4 amide bonds. The summed E-state index contributed by atoms with van der Waals surface area (Å²) in [6, 6.07) is 6.80. The molecule has 1 saturated carbocycles. The first-order valence-corrected chi connectivity index (χ1v) is 16.4. The van der Waals surface area contributed by atoms with E-state index in [9.17, 15) is 19.5 Å². The number of piperidine rings is 1. The van der Waals surface area contributed by atoms with Crippen molar-refractivity contribution in [2.45, 2.75) is 95.8 Å². The molecule has 0 spiro atoms. The molecule has 2 fully saturated rings. The van der Waals surface area contributed by atoms with Crippen LogP contribution in [0, 0.1) is 11.8 Å². The van der Waals surface area contributed by atoms with Crippen LogP contribution in [0.3, 0.4) is 0 Å². The van der Waals surface area contributed by atoms with Gasteiger partial charge in [0.15, 0.2) is 0 Å². The van der Waals surface area contributed by atoms with Crippen LogP contribution in [0.5, 0.6) is 0 Å². The van der Waals surface area contributed by atoms with Crippen molar-refractivity contribution in [1.29, 1.82) is 0 Å². The lowest BCUT2D eigenvalue weighted by Crippen LogP contribution is -2.53. The first kappa shape index (κ1) is 34.9. The first-order chi connectivity index (χ1) is 20.8. The summed E-state index contributed by atoms with van der Waals surface area (Å²) in [7, 11) is 1.31. The third-order valence-corrected chi connectivity index (χ3v) is 8.77. The van der Waals surface area contributed by atoms with E-state index in [-0.39, 0.29) is 43.5 Å². The number of methoxy groups -OCH3 is 1. The Kier molecular flexibility index (Phi) is 15.4. The predicted molar refractivity (Wildman–Crippen MR) is 167 cm³/mol. The van der Waals surface area contributed by atoms with Gasteiger partial charge in [0, 0.05) is 37.1 Å². The second kappa shape index (κ2) is 19.0. The van der Waals surface area contributed by atoms with Gasteiger partial charge in [0.1, 0.15) is 0 Å². The van der Waals surface area contributed by atoms with Crippen molar-refractivity contribution in [3.05, 3.63) is 34.9 Å². The highest BCUT2D eigenvalue weighted by Crippen LogP contribution is 2.34. The van der Waals surface area contributed by atoms with E-state index in [0.717, 1.165) is 56.9 Å². The van der Waals surface area contributed by atoms with Gasteiger partial charge < -0.3 is 35.4 Å². The van der Waals surface area contributed by atoms with E-state index >= 15 is 0 Å². The number of carbonyl (C=O) groups excluding carboxylic acids is 3. The fourth-order valence-corrected chi connectivity index (χ4v) is 6.39. The minimum Gasteiger partial charge on any atom is -0.453 e. The second-order valence-corrected chi connectivity index (χ2v) is 12.3. The molecule has 1 saturated heterocycles. The van der Waals surface area contributed by atoms with E-state index in [2.05, 4.69) is 27.6 Å². The molecule has 0 aromatic heterocycles. The van der Waals surface area contributed by atoms with Gasteiger partial charge >= 0.3 is 12.1 Å². The fourth-order valence-electron chi connectivity index (χ4n) is 6.19. The minimum absolute atomic E-state index is 0.00200. The quantitative estimate of drug-likeness (QED) is 0.200. The van der Waals surface area contributed by atoms with Gasteiger partial charge in [-0.1, -0.05) is 69.2 Å². The van der Waals surface area contributed by atoms with Crippen molar-refractivity contribution in [1.82, 2.24) is 20.9 Å². The zero-order valence-corrected chi connectivity index (χ0v) is 26.6. The number of alkyl carbamates (subject to hydrolysis) is 1. The summed E-state index contributed by atoms with van der Waals surface area (Å²) in [4.78, 5) is 39.4. The Morgan fingerprint density at radius 2 is 1.88 bits per heavy atom. The monoisotopic (exact) mass is 622 g/mol. The molecule has 1 unspecified atom stereocenters. The summed E-state index contributed by atoms with van der Waals surface area (Å²) in [5.74, 6) is 0.234. The van der Waals surface area contributed by atoms with E-state index in [1.165, 1.54) is 13.5 Å². The molecule has 1 aliphatic carbocycles. The number of ether oxygens (including phenoxy) is 2. The van der Waals surface area contributed by atoms with Crippen molar-refractivity contribution in [2.24, 2.45) is 11.8 Å². The molecule has 0 radical (unpaired) electrons. The summed E-state index contributed by atoms with van der Waals surface area (Å²) in [5.41, 5.74) is 0.914. The van der Waals surface area contributed by atoms with Crippen molar-refractivity contribution in [3.63, 3.8) is 0 Å². The highest BCUT2D eigenvalue weighted by atomic mass is 35.5. The zero-order chi connectivity index (χ0) is 31.0. The van der Waals surface area contributed by atoms with Crippen LogP contribution in [-0.4, -0.2) is 80.1 Å². The third kappa shape index (κ3) is 12.2. The lowest BCUT2D eigenvalue weighted by atomic mass is 9.83. The molecule has 4 atom stereocenters. The molecule has 1 heterocycles. The average molecular weight is 623 g/mol. The molecular formula is C32H51ClN4O6. The summed E-state index contributed by atoms with van der Waals surface area (Å²) in [5, 5.41) is 20.4. The first-order valence-electron chi connectivity index (χ1n) is 16.0. The number of aliphatic hydroxyl groups is 1. The molecule has 4 N–H and O–H groups in total. The molecule has 2 aliphatic rings. The Morgan fingerprint density at radius 1 is 1.09 bits per heavy atom. The van der Waals surface area contributed by atoms with Crippen LogP contribution in [0.2, 0.25) is 5.02 Å². The Morgan fingerprint density at radius 3 is 2.60 bits per heavy atom. The van der Waals surface area contributed by atoms with Crippen molar-refractivity contribution >= 4 is 29.6 Å². The van der Waals surface area contributed by atoms with E-state index in [4.69, 9.17) is 16.3 Å². The molecular weight excluding hydrogens is 572 g/mol. The zero-order valence-electron chi connectivity index (χ0n) is 25.8. The number of amides is 4. The van der Waals surface area contributed by atoms with Crippen LogP contribution in [-0.2, 0) is 14.3 Å². The molecule has 1 aromatic rings. The summed E-state index contributed by atoms with van der Waals surface area (Å²) in [6.45, 7) is 4.27. The smallest absolute Gasteiger partial charge is 0.406 e. The number of urea groups is 1. The number of nitrogens with one attached hydrogen (secondary N) is 3. The van der Waals surface area contributed by atoms with Gasteiger partial charge in [-0.2, -0.15) is 0 Å². The maximum atomic E-state index is 13.7. The van der Waals surface area contributed by atoms with Crippen LogP contribution in [0.25, 0.3) is 0 Å². The highest BCUT2D eigenvalue weighted by molar-refractivity contribution is 6.30. The lowest BCUT2D eigenvalue weighted by molar-refractivity contribution is -0.123. The molecule has 43 heavy (non-hydrogen) atoms. The Bertz CT molecular complexity index is 1010. The fraction of sp³-hybridized carbons (Fsp3) is 0.719. The van der Waals surface area contributed by atoms with Gasteiger partial charge in [-0.05, 0) is 49.3 Å². The number of carbonyl (C=O) groups is 3. The molecule has 10 nitrogen and oxygen atoms in total. The largest absolute Gasteiger partial charge is 0.453 e. The van der Waals surface area contributed by atoms with Crippen LogP contribution in [0.15, 0.2) is 24.3 Å². The Labute approximate surface area is 261 Å². The Balaban J connectivity index is 1.67. The summed E-state index contributed by atoms with van der Waals surface area (Å²) < 4.78 is 10.9. The molecule has 1 aliphatic heterocycles. The standard InChI is InChI=1S/C32H51ClN4O6/c1-3-4-15-34-29(39)21-28(38)27(19-23-10-6-5-7-11-23)36-31(40)37-17-9-13-25(22-37)30(24-12-8-14-26(33)20-24)43-18-16-35-32(41)42-2/h8,12,14,20,23,25,27-28,30,38H,3-7,9-11,13,15-19,21-22H2,1-2H3,(H,34,39)(H,35,41)(H,36,40)/t25?,27-,28-,30-/m0/s1. The van der Waals surface area contributed by atoms with Gasteiger partial charge in [-0.25, -0.2) is 9.59 Å². The van der Waals surface area contributed by atoms with Crippen LogP contribution < -0.4 is 16.0 Å². The Hall–Kier alpha value is -2.56. The number of hydrogen-bond acceptors (Lipinski definition) is 6. The average Bonchev–Trinajstić information content (AvgIpc) is 3.01. The molecule has 0 bridgehead atoms. The van der Waals surface area contributed by atoms with E-state index in [0.29, 0.717) is 37.0 Å². The molecule has 11 heteroatoms. The minimum atomic E-state index is -0.960. The van der Waals surface area contributed by atoms with Crippen molar-refractivity contribution in [2.75, 3.05) is 39.9 Å². The molecule has 242 valence electrons. The maximum absolute atomic E-state index is 13.7. The second-order valence-electron chi connectivity index (χ2n) is 11.9. The SMILES string of the molecule is CCCCNC(=O)C[C@H](O)[C@H](CC1CCCCC1)NC(=O)N1CCCC([C@@H](OCCNC(=O)OC)c2cccc(Cl)c2)C1. The van der Waals surface area contributed by atoms with Crippen LogP contribution >= 0.6 is 11.6 Å². The van der Waals surface area contributed by atoms with Crippen LogP contribution in [0.4, 0.5) is 9.59 Å². The third-order valence-electron chi connectivity index (χ3n) is 8.54. The number of likely N-dealkylation sites (tertiary alicyclic amines) is 1. The van der Waals surface area contributed by atoms with E-state index in [1.54, 1.807) is 4.90 Å². The highest BCUT2D eigenvalue weighted by Gasteiger charge is 2.34. The van der Waals surface area contributed by atoms with Crippen molar-refractivity contribution < 1.29 is 29.0 Å². The molecule has 3 rings (SSSR count). The normalized spacial score (nSPS) is 19.6. The summed E-state index contributed by atoms with van der Waals surface area (Å²) in [6.07, 6.45) is 8.05. The molecule has 1 aromatic carbocycles. The topological polar surface area (TPSA) is 129 Å². The summed E-state index contributed by atoms with van der Waals surface area (Å²) >= 11 is 6.31.